The third-order valence-electron chi connectivity index (χ3n) is 3.17. The maximum atomic E-state index is 6.30. The molecular weight excluding hydrogens is 320 g/mol. The third-order valence-corrected chi connectivity index (χ3v) is 4.15. The van der Waals surface area contributed by atoms with Crippen LogP contribution in [0.1, 0.15) is 37.3 Å². The molecule has 0 radical (unpaired) electrons. The van der Waals surface area contributed by atoms with Crippen LogP contribution in [0.25, 0.3) is 0 Å². The van der Waals surface area contributed by atoms with Crippen LogP contribution in [0.2, 0.25) is 0 Å². The summed E-state index contributed by atoms with van der Waals surface area (Å²) in [6, 6.07) is 8.74. The van der Waals surface area contributed by atoms with Crippen molar-refractivity contribution in [2.24, 2.45) is 11.7 Å². The predicted octanol–water partition coefficient (Wildman–Crippen LogP) is 3.90. The maximum Gasteiger partial charge on any atom is 0.0334 e. The van der Waals surface area contributed by atoms with E-state index in [1.165, 1.54) is 34.8 Å². The first-order valence-corrected chi connectivity index (χ1v) is 6.37. The van der Waals surface area contributed by atoms with Gasteiger partial charge in [0, 0.05) is 9.61 Å². The molecule has 1 aromatic carbocycles. The van der Waals surface area contributed by atoms with Crippen molar-refractivity contribution in [1.82, 2.24) is 0 Å². The second-order valence-corrected chi connectivity index (χ2v) is 5.25. The van der Waals surface area contributed by atoms with Crippen LogP contribution in [0.5, 0.6) is 0 Å². The Morgan fingerprint density at radius 2 is 1.80 bits per heavy atom. The lowest BCUT2D eigenvalue weighted by Gasteiger charge is -2.20. The Morgan fingerprint density at radius 3 is 2.40 bits per heavy atom. The fraction of sp³-hybridized carbons (Fsp3) is 0.500. The third kappa shape index (κ3) is 3.08. The SMILES string of the molecule is Cl.N[C@H](c1ccccc1I)C1CCCC1. The summed E-state index contributed by atoms with van der Waals surface area (Å²) in [4.78, 5) is 0. The fourth-order valence-corrected chi connectivity index (χ4v) is 3.06. The van der Waals surface area contributed by atoms with Crippen molar-refractivity contribution in [2.75, 3.05) is 0 Å². The fourth-order valence-electron chi connectivity index (χ4n) is 2.32. The average Bonchev–Trinajstić information content (AvgIpc) is 2.70. The summed E-state index contributed by atoms with van der Waals surface area (Å²) in [5.74, 6) is 0.714. The highest BCUT2D eigenvalue weighted by molar-refractivity contribution is 14.1. The van der Waals surface area contributed by atoms with E-state index in [0.717, 1.165) is 0 Å². The van der Waals surface area contributed by atoms with Crippen LogP contribution in [0.4, 0.5) is 0 Å². The molecule has 0 heterocycles. The molecule has 0 aromatic heterocycles. The molecule has 1 aliphatic carbocycles. The molecule has 1 nitrogen and oxygen atoms in total. The van der Waals surface area contributed by atoms with Gasteiger partial charge in [0.2, 0.25) is 0 Å². The van der Waals surface area contributed by atoms with Crippen LogP contribution in [0.3, 0.4) is 0 Å². The Balaban J connectivity index is 0.00000112. The van der Waals surface area contributed by atoms with Gasteiger partial charge in [0.15, 0.2) is 0 Å². The van der Waals surface area contributed by atoms with Gasteiger partial charge in [-0.2, -0.15) is 0 Å². The van der Waals surface area contributed by atoms with Crippen molar-refractivity contribution >= 4 is 35.0 Å². The summed E-state index contributed by atoms with van der Waals surface area (Å²) >= 11 is 2.38. The summed E-state index contributed by atoms with van der Waals surface area (Å²) in [7, 11) is 0. The van der Waals surface area contributed by atoms with Crippen LogP contribution in [-0.2, 0) is 0 Å². The lowest BCUT2D eigenvalue weighted by Crippen LogP contribution is -2.20. The Morgan fingerprint density at radius 1 is 1.20 bits per heavy atom. The number of hydrogen-bond donors (Lipinski definition) is 1. The van der Waals surface area contributed by atoms with E-state index in [1.54, 1.807) is 0 Å². The minimum Gasteiger partial charge on any atom is -0.324 e. The zero-order valence-electron chi connectivity index (χ0n) is 8.66. The topological polar surface area (TPSA) is 26.0 Å². The van der Waals surface area contributed by atoms with Gasteiger partial charge in [0.1, 0.15) is 0 Å². The molecule has 1 aliphatic rings. The highest BCUT2D eigenvalue weighted by Gasteiger charge is 2.24. The van der Waals surface area contributed by atoms with Gasteiger partial charge in [-0.05, 0) is 53.0 Å². The molecule has 0 spiro atoms. The van der Waals surface area contributed by atoms with Gasteiger partial charge < -0.3 is 5.73 Å². The zero-order chi connectivity index (χ0) is 9.97. The van der Waals surface area contributed by atoms with Crippen molar-refractivity contribution in [3.63, 3.8) is 0 Å². The van der Waals surface area contributed by atoms with E-state index in [2.05, 4.69) is 46.9 Å². The smallest absolute Gasteiger partial charge is 0.0334 e. The minimum atomic E-state index is 0. The van der Waals surface area contributed by atoms with E-state index in [1.807, 2.05) is 0 Å². The molecule has 0 bridgehead atoms. The van der Waals surface area contributed by atoms with Crippen LogP contribution < -0.4 is 5.73 Å². The van der Waals surface area contributed by atoms with Gasteiger partial charge >= 0.3 is 0 Å². The molecule has 0 saturated heterocycles. The normalized spacial score (nSPS) is 18.5. The molecule has 15 heavy (non-hydrogen) atoms. The first-order valence-electron chi connectivity index (χ1n) is 5.29. The second-order valence-electron chi connectivity index (χ2n) is 4.09. The number of rotatable bonds is 2. The largest absolute Gasteiger partial charge is 0.324 e. The average molecular weight is 338 g/mol. The second kappa shape index (κ2) is 6.06. The van der Waals surface area contributed by atoms with Crippen LogP contribution in [0, 0.1) is 9.49 Å². The van der Waals surface area contributed by atoms with Crippen molar-refractivity contribution in [2.45, 2.75) is 31.7 Å². The maximum absolute atomic E-state index is 6.30. The Hall–Kier alpha value is 0.200. The van der Waals surface area contributed by atoms with Crippen molar-refractivity contribution in [3.05, 3.63) is 33.4 Å². The van der Waals surface area contributed by atoms with E-state index in [-0.39, 0.29) is 18.4 Å². The summed E-state index contributed by atoms with van der Waals surface area (Å²) in [5.41, 5.74) is 7.63. The molecular formula is C12H17ClIN. The van der Waals surface area contributed by atoms with Gasteiger partial charge in [-0.25, -0.2) is 0 Å². The van der Waals surface area contributed by atoms with Gasteiger partial charge in [-0.1, -0.05) is 31.0 Å². The van der Waals surface area contributed by atoms with Gasteiger partial charge in [-0.15, -0.1) is 12.4 Å². The van der Waals surface area contributed by atoms with Crippen LogP contribution in [-0.4, -0.2) is 0 Å². The molecule has 0 amide bonds. The van der Waals surface area contributed by atoms with E-state index < -0.39 is 0 Å². The molecule has 0 unspecified atom stereocenters. The number of halogens is 2. The minimum absolute atomic E-state index is 0. The molecule has 0 aliphatic heterocycles. The number of nitrogens with two attached hydrogens (primary N) is 1. The van der Waals surface area contributed by atoms with Crippen molar-refractivity contribution < 1.29 is 0 Å². The standard InChI is InChI=1S/C12H16IN.ClH/c13-11-8-4-3-7-10(11)12(14)9-5-1-2-6-9;/h3-4,7-9,12H,1-2,5-6,14H2;1H/t12-;/m0./s1. The Bertz CT molecular complexity index is 310. The first-order chi connectivity index (χ1) is 6.79. The molecule has 1 saturated carbocycles. The predicted molar refractivity (Wildman–Crippen MR) is 75.3 cm³/mol. The van der Waals surface area contributed by atoms with Crippen LogP contribution >= 0.6 is 35.0 Å². The molecule has 1 aromatic rings. The van der Waals surface area contributed by atoms with E-state index in [9.17, 15) is 0 Å². The number of benzene rings is 1. The lowest BCUT2D eigenvalue weighted by atomic mass is 9.93. The highest BCUT2D eigenvalue weighted by atomic mass is 127. The first kappa shape index (κ1) is 13.3. The Labute approximate surface area is 111 Å². The summed E-state index contributed by atoms with van der Waals surface area (Å²) < 4.78 is 1.31. The van der Waals surface area contributed by atoms with Gasteiger partial charge in [0.25, 0.3) is 0 Å². The molecule has 1 fully saturated rings. The molecule has 1 atom stereocenters. The number of hydrogen-bond acceptors (Lipinski definition) is 1. The van der Waals surface area contributed by atoms with Crippen molar-refractivity contribution in [1.29, 1.82) is 0 Å². The van der Waals surface area contributed by atoms with Crippen LogP contribution in [0.15, 0.2) is 24.3 Å². The van der Waals surface area contributed by atoms with Gasteiger partial charge in [0.05, 0.1) is 0 Å². The zero-order valence-corrected chi connectivity index (χ0v) is 11.6. The molecule has 2 rings (SSSR count). The molecule has 3 heteroatoms. The quantitative estimate of drug-likeness (QED) is 0.814. The highest BCUT2D eigenvalue weighted by Crippen LogP contribution is 2.35. The van der Waals surface area contributed by atoms with Gasteiger partial charge in [-0.3, -0.25) is 0 Å². The summed E-state index contributed by atoms with van der Waals surface area (Å²) in [5, 5.41) is 0. The van der Waals surface area contributed by atoms with Crippen molar-refractivity contribution in [3.8, 4) is 0 Å². The monoisotopic (exact) mass is 337 g/mol. The molecule has 2 N–H and O–H groups in total. The lowest BCUT2D eigenvalue weighted by molar-refractivity contribution is 0.443. The van der Waals surface area contributed by atoms with E-state index in [4.69, 9.17) is 5.73 Å². The van der Waals surface area contributed by atoms with E-state index in [0.29, 0.717) is 5.92 Å². The summed E-state index contributed by atoms with van der Waals surface area (Å²) in [6.07, 6.45) is 5.35. The molecule has 84 valence electrons. The van der Waals surface area contributed by atoms with E-state index >= 15 is 0 Å². The Kier molecular flexibility index (Phi) is 5.36. The summed E-state index contributed by atoms with van der Waals surface area (Å²) in [6.45, 7) is 0.